The maximum absolute atomic E-state index is 10.9. The van der Waals surface area contributed by atoms with Crippen LogP contribution < -0.4 is 11.1 Å². The summed E-state index contributed by atoms with van der Waals surface area (Å²) in [4.78, 5) is 10.9. The van der Waals surface area contributed by atoms with E-state index in [4.69, 9.17) is 5.73 Å². The molecule has 0 aromatic carbocycles. The molecular weight excluding hydrogens is 168 g/mol. The number of rotatable bonds is 3. The van der Waals surface area contributed by atoms with Crippen LogP contribution in [0.1, 0.15) is 18.5 Å². The number of carbonyl (C=O) groups excluding carboxylic acids is 1. The van der Waals surface area contributed by atoms with Gasteiger partial charge in [-0.1, -0.05) is 0 Å². The van der Waals surface area contributed by atoms with Gasteiger partial charge in [0.1, 0.15) is 0 Å². The summed E-state index contributed by atoms with van der Waals surface area (Å²) in [5.41, 5.74) is 6.15. The average Bonchev–Trinajstić information content (AvgIpc) is 2.51. The highest BCUT2D eigenvalue weighted by Crippen LogP contribution is 2.09. The van der Waals surface area contributed by atoms with E-state index in [1.807, 2.05) is 20.2 Å². The fourth-order valence-electron chi connectivity index (χ4n) is 1.05. The van der Waals surface area contributed by atoms with E-state index in [9.17, 15) is 4.79 Å². The van der Waals surface area contributed by atoms with Gasteiger partial charge < -0.3 is 11.1 Å². The van der Waals surface area contributed by atoms with Crippen LogP contribution in [-0.2, 0) is 11.8 Å². The number of aromatic nitrogens is 2. The molecule has 13 heavy (non-hydrogen) atoms. The quantitative estimate of drug-likeness (QED) is 0.665. The molecule has 1 amide bonds. The molecule has 0 aliphatic carbocycles. The van der Waals surface area contributed by atoms with Crippen molar-refractivity contribution in [3.05, 3.63) is 18.0 Å². The minimum Gasteiger partial charge on any atom is -0.348 e. The molecule has 1 heterocycles. The van der Waals surface area contributed by atoms with Crippen LogP contribution in [0.15, 0.2) is 12.4 Å². The molecule has 1 unspecified atom stereocenters. The second-order valence-corrected chi connectivity index (χ2v) is 2.94. The third-order valence-electron chi connectivity index (χ3n) is 1.79. The first-order valence-electron chi connectivity index (χ1n) is 4.11. The Morgan fingerprint density at radius 3 is 3.00 bits per heavy atom. The van der Waals surface area contributed by atoms with Gasteiger partial charge in [0.25, 0.3) is 0 Å². The molecule has 3 N–H and O–H groups in total. The number of hydrogen-bond acceptors (Lipinski definition) is 3. The van der Waals surface area contributed by atoms with Crippen molar-refractivity contribution in [1.82, 2.24) is 15.1 Å². The van der Waals surface area contributed by atoms with Crippen LogP contribution in [0, 0.1) is 0 Å². The normalized spacial score (nSPS) is 12.5. The zero-order chi connectivity index (χ0) is 9.84. The van der Waals surface area contributed by atoms with Gasteiger partial charge in [-0.3, -0.25) is 9.48 Å². The number of nitrogens with zero attached hydrogens (tertiary/aromatic N) is 2. The van der Waals surface area contributed by atoms with Crippen LogP contribution in [0.4, 0.5) is 0 Å². The predicted molar refractivity (Wildman–Crippen MR) is 48.8 cm³/mol. The summed E-state index contributed by atoms with van der Waals surface area (Å²) >= 11 is 0. The van der Waals surface area contributed by atoms with Gasteiger partial charge in [-0.2, -0.15) is 5.10 Å². The van der Waals surface area contributed by atoms with E-state index in [0.29, 0.717) is 0 Å². The van der Waals surface area contributed by atoms with Crippen LogP contribution in [0.3, 0.4) is 0 Å². The molecule has 0 bridgehead atoms. The van der Waals surface area contributed by atoms with Gasteiger partial charge in [-0.25, -0.2) is 0 Å². The van der Waals surface area contributed by atoms with E-state index in [0.717, 1.165) is 5.56 Å². The Morgan fingerprint density at radius 2 is 2.54 bits per heavy atom. The van der Waals surface area contributed by atoms with Gasteiger partial charge in [0.15, 0.2) is 0 Å². The van der Waals surface area contributed by atoms with E-state index in [2.05, 4.69) is 10.4 Å². The monoisotopic (exact) mass is 182 g/mol. The molecule has 1 atom stereocenters. The molecule has 1 aromatic rings. The van der Waals surface area contributed by atoms with E-state index >= 15 is 0 Å². The number of aryl methyl sites for hydroxylation is 1. The lowest BCUT2D eigenvalue weighted by Crippen LogP contribution is -2.32. The summed E-state index contributed by atoms with van der Waals surface area (Å²) in [6.45, 7) is 1.91. The number of nitrogens with one attached hydrogen (secondary N) is 1. The highest BCUT2D eigenvalue weighted by Gasteiger charge is 2.09. The van der Waals surface area contributed by atoms with Gasteiger partial charge in [0, 0.05) is 18.8 Å². The Hall–Kier alpha value is -1.36. The molecule has 0 radical (unpaired) electrons. The molecule has 72 valence electrons. The molecule has 1 rings (SSSR count). The fourth-order valence-corrected chi connectivity index (χ4v) is 1.05. The van der Waals surface area contributed by atoms with Gasteiger partial charge in [-0.05, 0) is 6.92 Å². The van der Waals surface area contributed by atoms with E-state index in [-0.39, 0.29) is 18.5 Å². The smallest absolute Gasteiger partial charge is 0.234 e. The Balaban J connectivity index is 2.58. The van der Waals surface area contributed by atoms with Crippen molar-refractivity contribution in [2.45, 2.75) is 13.0 Å². The lowest BCUT2D eigenvalue weighted by Gasteiger charge is -2.10. The molecule has 0 aliphatic heterocycles. The molecule has 5 nitrogen and oxygen atoms in total. The Labute approximate surface area is 76.9 Å². The molecular formula is C8H14N4O. The van der Waals surface area contributed by atoms with Gasteiger partial charge >= 0.3 is 0 Å². The second kappa shape index (κ2) is 4.04. The van der Waals surface area contributed by atoms with Crippen molar-refractivity contribution in [2.75, 3.05) is 6.54 Å². The number of nitrogens with two attached hydrogens (primary N) is 1. The van der Waals surface area contributed by atoms with Crippen LogP contribution in [-0.4, -0.2) is 22.2 Å². The van der Waals surface area contributed by atoms with Crippen molar-refractivity contribution in [3.63, 3.8) is 0 Å². The fraction of sp³-hybridized carbons (Fsp3) is 0.500. The molecule has 0 saturated heterocycles. The van der Waals surface area contributed by atoms with Crippen LogP contribution in [0.2, 0.25) is 0 Å². The molecule has 0 spiro atoms. The highest BCUT2D eigenvalue weighted by atomic mass is 16.1. The Morgan fingerprint density at radius 1 is 1.85 bits per heavy atom. The summed E-state index contributed by atoms with van der Waals surface area (Å²) in [6.07, 6.45) is 3.59. The first kappa shape index (κ1) is 9.73. The zero-order valence-corrected chi connectivity index (χ0v) is 7.82. The molecule has 5 heteroatoms. The standard InChI is InChI=1S/C8H14N4O/c1-6(11-8(13)3-9)7-4-10-12(2)5-7/h4-6H,3,9H2,1-2H3,(H,11,13). The van der Waals surface area contributed by atoms with Crippen molar-refractivity contribution in [3.8, 4) is 0 Å². The van der Waals surface area contributed by atoms with Crippen molar-refractivity contribution in [1.29, 1.82) is 0 Å². The zero-order valence-electron chi connectivity index (χ0n) is 7.82. The Bertz CT molecular complexity index is 294. The Kier molecular flexibility index (Phi) is 3.02. The van der Waals surface area contributed by atoms with Gasteiger partial charge in [-0.15, -0.1) is 0 Å². The maximum atomic E-state index is 10.9. The van der Waals surface area contributed by atoms with E-state index < -0.39 is 0 Å². The van der Waals surface area contributed by atoms with E-state index in [1.165, 1.54) is 0 Å². The summed E-state index contributed by atoms with van der Waals surface area (Å²) in [5, 5.41) is 6.75. The summed E-state index contributed by atoms with van der Waals surface area (Å²) in [7, 11) is 1.83. The van der Waals surface area contributed by atoms with Crippen LogP contribution in [0.25, 0.3) is 0 Å². The number of amides is 1. The van der Waals surface area contributed by atoms with Crippen molar-refractivity contribution in [2.24, 2.45) is 12.8 Å². The summed E-state index contributed by atoms with van der Waals surface area (Å²) < 4.78 is 1.69. The SMILES string of the molecule is CC(NC(=O)CN)c1cnn(C)c1. The first-order chi connectivity index (χ1) is 6.13. The second-order valence-electron chi connectivity index (χ2n) is 2.94. The van der Waals surface area contributed by atoms with Crippen LogP contribution in [0.5, 0.6) is 0 Å². The third kappa shape index (κ3) is 2.55. The molecule has 1 aromatic heterocycles. The summed E-state index contributed by atoms with van der Waals surface area (Å²) in [5.74, 6) is -0.156. The van der Waals surface area contributed by atoms with Crippen molar-refractivity contribution < 1.29 is 4.79 Å². The van der Waals surface area contributed by atoms with Crippen LogP contribution >= 0.6 is 0 Å². The number of hydrogen-bond donors (Lipinski definition) is 2. The van der Waals surface area contributed by atoms with Gasteiger partial charge in [0.2, 0.25) is 5.91 Å². The number of carbonyl (C=O) groups is 1. The largest absolute Gasteiger partial charge is 0.348 e. The molecule has 0 fully saturated rings. The summed E-state index contributed by atoms with van der Waals surface area (Å²) in [6, 6.07) is -0.0373. The minimum absolute atomic E-state index is 0.0185. The minimum atomic E-state index is -0.156. The van der Waals surface area contributed by atoms with E-state index in [1.54, 1.807) is 10.9 Å². The predicted octanol–water partition coefficient (Wildman–Crippen LogP) is -0.444. The average molecular weight is 182 g/mol. The maximum Gasteiger partial charge on any atom is 0.234 e. The molecule has 0 aliphatic rings. The topological polar surface area (TPSA) is 72.9 Å². The van der Waals surface area contributed by atoms with Gasteiger partial charge in [0.05, 0.1) is 18.8 Å². The van der Waals surface area contributed by atoms with Crippen molar-refractivity contribution >= 4 is 5.91 Å². The highest BCUT2D eigenvalue weighted by molar-refractivity contribution is 5.78. The lowest BCUT2D eigenvalue weighted by atomic mass is 10.2. The third-order valence-corrected chi connectivity index (χ3v) is 1.79. The lowest BCUT2D eigenvalue weighted by molar-refractivity contribution is -0.120. The first-order valence-corrected chi connectivity index (χ1v) is 4.11. The molecule has 0 saturated carbocycles.